The van der Waals surface area contributed by atoms with Gasteiger partial charge < -0.3 is 15.5 Å². The van der Waals surface area contributed by atoms with E-state index in [2.05, 4.69) is 10.3 Å². The standard InChI is InChI=1S/C13H14FN3OS/c1-2-9-6-17-12(18-9)7-16-11-4-3-8(14)5-10(11)13(15)19/h3-6,16H,2,7H2,1H3,(H2,15,19). The molecule has 0 atom stereocenters. The van der Waals surface area contributed by atoms with E-state index in [-0.39, 0.29) is 10.8 Å². The van der Waals surface area contributed by atoms with Crippen LogP contribution in [0, 0.1) is 5.82 Å². The van der Waals surface area contributed by atoms with Gasteiger partial charge in [0.2, 0.25) is 5.89 Å². The summed E-state index contributed by atoms with van der Waals surface area (Å²) in [6.07, 6.45) is 2.48. The van der Waals surface area contributed by atoms with E-state index in [1.165, 1.54) is 12.1 Å². The molecule has 3 N–H and O–H groups in total. The van der Waals surface area contributed by atoms with Crippen molar-refractivity contribution in [1.29, 1.82) is 0 Å². The molecule has 6 heteroatoms. The Kier molecular flexibility index (Phi) is 4.11. The number of halogens is 1. The van der Waals surface area contributed by atoms with Crippen LogP contribution >= 0.6 is 12.2 Å². The number of oxazole rings is 1. The van der Waals surface area contributed by atoms with Crippen molar-refractivity contribution in [2.45, 2.75) is 19.9 Å². The molecule has 1 aromatic carbocycles. The number of nitrogens with two attached hydrogens (primary N) is 1. The second-order valence-corrected chi connectivity index (χ2v) is 4.42. The van der Waals surface area contributed by atoms with Crippen molar-refractivity contribution in [3.63, 3.8) is 0 Å². The molecule has 0 radical (unpaired) electrons. The van der Waals surface area contributed by atoms with E-state index in [1.807, 2.05) is 6.92 Å². The lowest BCUT2D eigenvalue weighted by Crippen LogP contribution is -2.13. The van der Waals surface area contributed by atoms with Gasteiger partial charge in [0.05, 0.1) is 12.7 Å². The third-order valence-corrected chi connectivity index (χ3v) is 2.85. The molecular formula is C13H14FN3OS. The van der Waals surface area contributed by atoms with Crippen LogP contribution in [-0.2, 0) is 13.0 Å². The molecule has 100 valence electrons. The highest BCUT2D eigenvalue weighted by Gasteiger charge is 2.08. The summed E-state index contributed by atoms with van der Waals surface area (Å²) in [4.78, 5) is 4.27. The van der Waals surface area contributed by atoms with Crippen LogP contribution in [-0.4, -0.2) is 9.97 Å². The highest BCUT2D eigenvalue weighted by Crippen LogP contribution is 2.18. The average molecular weight is 279 g/mol. The molecule has 1 aromatic heterocycles. The molecular weight excluding hydrogens is 265 g/mol. The molecule has 2 rings (SSSR count). The quantitative estimate of drug-likeness (QED) is 0.824. The molecule has 0 unspecified atom stereocenters. The van der Waals surface area contributed by atoms with Gasteiger partial charge in [-0.2, -0.15) is 0 Å². The minimum Gasteiger partial charge on any atom is -0.444 e. The number of aryl methyl sites for hydroxylation is 1. The lowest BCUT2D eigenvalue weighted by atomic mass is 10.1. The predicted molar refractivity (Wildman–Crippen MR) is 75.5 cm³/mol. The number of nitrogens with one attached hydrogen (secondary N) is 1. The molecule has 0 aliphatic rings. The first kappa shape index (κ1) is 13.5. The van der Waals surface area contributed by atoms with E-state index in [0.29, 0.717) is 23.7 Å². The van der Waals surface area contributed by atoms with Gasteiger partial charge in [-0.25, -0.2) is 9.37 Å². The van der Waals surface area contributed by atoms with Crippen molar-refractivity contribution in [3.05, 3.63) is 47.4 Å². The third-order valence-electron chi connectivity index (χ3n) is 2.63. The zero-order valence-corrected chi connectivity index (χ0v) is 11.3. The highest BCUT2D eigenvalue weighted by molar-refractivity contribution is 7.80. The number of anilines is 1. The maximum atomic E-state index is 13.1. The van der Waals surface area contributed by atoms with Gasteiger partial charge in [-0.3, -0.25) is 0 Å². The zero-order valence-electron chi connectivity index (χ0n) is 10.4. The maximum absolute atomic E-state index is 13.1. The summed E-state index contributed by atoms with van der Waals surface area (Å²) in [7, 11) is 0. The van der Waals surface area contributed by atoms with Gasteiger partial charge >= 0.3 is 0 Å². The van der Waals surface area contributed by atoms with Crippen LogP contribution in [0.25, 0.3) is 0 Å². The second-order valence-electron chi connectivity index (χ2n) is 3.98. The van der Waals surface area contributed by atoms with Crippen LogP contribution in [0.15, 0.2) is 28.8 Å². The lowest BCUT2D eigenvalue weighted by molar-refractivity contribution is 0.466. The fourth-order valence-electron chi connectivity index (χ4n) is 1.64. The van der Waals surface area contributed by atoms with E-state index in [9.17, 15) is 4.39 Å². The van der Waals surface area contributed by atoms with Gasteiger partial charge in [0, 0.05) is 17.7 Å². The smallest absolute Gasteiger partial charge is 0.213 e. The summed E-state index contributed by atoms with van der Waals surface area (Å²) in [6, 6.07) is 4.24. The Labute approximate surface area is 115 Å². The first-order chi connectivity index (χ1) is 9.10. The second kappa shape index (κ2) is 5.79. The van der Waals surface area contributed by atoms with E-state index in [1.54, 1.807) is 12.3 Å². The van der Waals surface area contributed by atoms with Crippen LogP contribution in [0.3, 0.4) is 0 Å². The molecule has 0 spiro atoms. The number of thiocarbonyl (C=S) groups is 1. The van der Waals surface area contributed by atoms with Crippen LogP contribution in [0.1, 0.15) is 24.1 Å². The highest BCUT2D eigenvalue weighted by atomic mass is 32.1. The molecule has 0 aliphatic carbocycles. The molecule has 2 aromatic rings. The van der Waals surface area contributed by atoms with Crippen molar-refractivity contribution < 1.29 is 8.81 Å². The van der Waals surface area contributed by atoms with Gasteiger partial charge in [-0.05, 0) is 18.2 Å². The van der Waals surface area contributed by atoms with Gasteiger partial charge in [-0.15, -0.1) is 0 Å². The van der Waals surface area contributed by atoms with Crippen molar-refractivity contribution in [1.82, 2.24) is 4.98 Å². The number of benzene rings is 1. The molecule has 0 saturated carbocycles. The van der Waals surface area contributed by atoms with Gasteiger partial charge in [0.15, 0.2) is 0 Å². The Bertz CT molecular complexity index is 597. The lowest BCUT2D eigenvalue weighted by Gasteiger charge is -2.09. The number of rotatable bonds is 5. The molecule has 0 fully saturated rings. The summed E-state index contributed by atoms with van der Waals surface area (Å²) in [5.41, 5.74) is 6.69. The molecule has 0 saturated heterocycles. The molecule has 0 aliphatic heterocycles. The first-order valence-electron chi connectivity index (χ1n) is 5.87. The summed E-state index contributed by atoms with van der Waals surface area (Å²) in [5.74, 6) is 1.01. The number of hydrogen-bond acceptors (Lipinski definition) is 4. The monoisotopic (exact) mass is 279 g/mol. The first-order valence-corrected chi connectivity index (χ1v) is 6.27. The Morgan fingerprint density at radius 3 is 2.95 bits per heavy atom. The Morgan fingerprint density at radius 1 is 1.53 bits per heavy atom. The summed E-state index contributed by atoms with van der Waals surface area (Å²) in [6.45, 7) is 2.38. The van der Waals surface area contributed by atoms with Crippen LogP contribution < -0.4 is 11.1 Å². The van der Waals surface area contributed by atoms with Crippen molar-refractivity contribution in [2.24, 2.45) is 5.73 Å². The topological polar surface area (TPSA) is 64.1 Å². The molecule has 19 heavy (non-hydrogen) atoms. The van der Waals surface area contributed by atoms with Crippen LogP contribution in [0.2, 0.25) is 0 Å². The van der Waals surface area contributed by atoms with Gasteiger partial charge in [-0.1, -0.05) is 19.1 Å². The van der Waals surface area contributed by atoms with Crippen molar-refractivity contribution in [3.8, 4) is 0 Å². The molecule has 0 amide bonds. The summed E-state index contributed by atoms with van der Waals surface area (Å²) >= 11 is 4.90. The normalized spacial score (nSPS) is 10.4. The molecule has 1 heterocycles. The number of aromatic nitrogens is 1. The fourth-order valence-corrected chi connectivity index (χ4v) is 1.81. The largest absolute Gasteiger partial charge is 0.444 e. The van der Waals surface area contributed by atoms with Crippen LogP contribution in [0.5, 0.6) is 0 Å². The van der Waals surface area contributed by atoms with Crippen LogP contribution in [0.4, 0.5) is 10.1 Å². The average Bonchev–Trinajstić information content (AvgIpc) is 2.85. The number of hydrogen-bond donors (Lipinski definition) is 2. The minimum atomic E-state index is -0.377. The van der Waals surface area contributed by atoms with Gasteiger partial charge in [0.1, 0.15) is 16.6 Å². The molecule has 4 nitrogen and oxygen atoms in total. The maximum Gasteiger partial charge on any atom is 0.213 e. The Hall–Kier alpha value is -1.95. The fraction of sp³-hybridized carbons (Fsp3) is 0.231. The van der Waals surface area contributed by atoms with E-state index < -0.39 is 0 Å². The Morgan fingerprint density at radius 2 is 2.32 bits per heavy atom. The zero-order chi connectivity index (χ0) is 13.8. The van der Waals surface area contributed by atoms with E-state index in [0.717, 1.165) is 12.2 Å². The SMILES string of the molecule is CCc1cnc(CNc2ccc(F)cc2C(N)=S)o1. The summed E-state index contributed by atoms with van der Waals surface area (Å²) in [5, 5.41) is 3.09. The van der Waals surface area contributed by atoms with Gasteiger partial charge in [0.25, 0.3) is 0 Å². The predicted octanol–water partition coefficient (Wildman–Crippen LogP) is 2.62. The molecule has 0 bridgehead atoms. The minimum absolute atomic E-state index is 0.142. The van der Waals surface area contributed by atoms with Crippen molar-refractivity contribution >= 4 is 22.9 Å². The third kappa shape index (κ3) is 3.29. The summed E-state index contributed by atoms with van der Waals surface area (Å²) < 4.78 is 18.6. The van der Waals surface area contributed by atoms with E-state index in [4.69, 9.17) is 22.4 Å². The number of nitrogens with zero attached hydrogens (tertiary/aromatic N) is 1. The van der Waals surface area contributed by atoms with E-state index >= 15 is 0 Å². The van der Waals surface area contributed by atoms with Crippen molar-refractivity contribution in [2.75, 3.05) is 5.32 Å². The Balaban J connectivity index is 2.12.